The molecule has 0 saturated heterocycles. The number of esters is 2. The molecule has 8 aromatic rings. The summed E-state index contributed by atoms with van der Waals surface area (Å²) in [5.74, 6) is -3.50. The van der Waals surface area contributed by atoms with Crippen LogP contribution < -0.4 is 5.73 Å². The largest absolute Gasteiger partial charge is 0.478 e. The van der Waals surface area contributed by atoms with Gasteiger partial charge in [0.15, 0.2) is 17.9 Å². The number of methoxy groups -OCH3 is 2. The van der Waals surface area contributed by atoms with Crippen LogP contribution in [0.1, 0.15) is 99.0 Å². The molecule has 0 fully saturated rings. The second kappa shape index (κ2) is 38.4. The van der Waals surface area contributed by atoms with Crippen LogP contribution in [0.5, 0.6) is 0 Å². The van der Waals surface area contributed by atoms with Gasteiger partial charge in [0.1, 0.15) is 24.5 Å². The SMILES string of the molecule is COC(=O)c1cccc(C(=O)CCCOCCO)c1.COC(=O)c1cccc(C(=O)O)c1.Nc1cn(-c2cccc(C(F)(F)F)c2)cn1.O=C(O)c1cccc(C(=O)CCCOCCO)c1.O=[N+]([O-])c1cn(-c2cccc(C(F)(F)F)c2)cn1.O=[N+]([O-])c1cnc[nH]1. The van der Waals surface area contributed by atoms with Crippen LogP contribution in [-0.4, -0.2) is 149 Å². The molecule has 5 aromatic carbocycles. The number of aliphatic hydroxyl groups excluding tert-OH is 2. The standard InChI is InChI=1S/C14H18O5.C13H16O5.C10H6F3N3O2.C10H8F3N3.C9H8O4.C3H3N3O2/c1-18-14(17)12-5-2-4-11(10-12)13(16)6-3-8-19-9-7-15;14-6-8-18-7-2-5-12(15)10-3-1-4-11(9-10)13(16)17;11-10(12,13)7-2-1-3-8(4-7)15-5-9(14-6-15)16(17)18;11-10(12,13)7-2-1-3-8(4-7)16-5-9(14)15-6-16;1-13-9(12)7-4-2-3-6(5-7)8(10)11;7-6(8)3-1-4-2-5-3/h2,4-5,10,15H,3,6-9H2,1H3;1,3-4,9,14H,2,5-8H2,(H,16,17);1-6H;1-6H,14H2;2-5H,1H3,(H,10,11);1-2H,(H,4,5). The van der Waals surface area contributed by atoms with Crippen LogP contribution in [-0.2, 0) is 31.3 Å². The Hall–Kier alpha value is -11.0. The van der Waals surface area contributed by atoms with Gasteiger partial charge in [0.25, 0.3) is 0 Å². The number of Topliss-reactive ketones (excluding diaryl/α,β-unsaturated/α-hetero) is 2. The summed E-state index contributed by atoms with van der Waals surface area (Å²) in [5, 5.41) is 54.6. The smallest absolute Gasteiger partial charge is 0.416 e. The number of ketones is 2. The summed E-state index contributed by atoms with van der Waals surface area (Å²) in [4.78, 5) is 99.2. The van der Waals surface area contributed by atoms with E-state index in [2.05, 4.69) is 29.4 Å². The highest BCUT2D eigenvalue weighted by atomic mass is 19.4. The van der Waals surface area contributed by atoms with Crippen molar-refractivity contribution in [3.8, 4) is 11.4 Å². The molecule has 7 N–H and O–H groups in total. The number of carbonyl (C=O) groups excluding carboxylic acids is 4. The molecule has 0 aliphatic heterocycles. The van der Waals surface area contributed by atoms with E-state index >= 15 is 0 Å². The van der Waals surface area contributed by atoms with Gasteiger partial charge >= 0.3 is 47.9 Å². The Labute approximate surface area is 517 Å². The lowest BCUT2D eigenvalue weighted by molar-refractivity contribution is -0.389. The molecule has 0 atom stereocenters. The Kier molecular flexibility index (Phi) is 31.4. The van der Waals surface area contributed by atoms with E-state index in [4.69, 9.17) is 35.6 Å². The fourth-order valence-electron chi connectivity index (χ4n) is 7.01. The monoisotopic (exact) mass is 1300 g/mol. The molecule has 0 amide bonds. The van der Waals surface area contributed by atoms with Gasteiger partial charge in [-0.15, -0.1) is 0 Å². The number of nitrogens with two attached hydrogens (primary N) is 1. The number of imidazole rings is 3. The zero-order valence-corrected chi connectivity index (χ0v) is 48.6. The summed E-state index contributed by atoms with van der Waals surface area (Å²) in [6.45, 7) is 1.34. The van der Waals surface area contributed by atoms with Crippen molar-refractivity contribution < 1.29 is 104 Å². The van der Waals surface area contributed by atoms with Gasteiger partial charge in [0.2, 0.25) is 6.33 Å². The number of rotatable bonds is 22. The molecule has 33 heteroatoms. The lowest BCUT2D eigenvalue weighted by atomic mass is 10.0. The van der Waals surface area contributed by atoms with Crippen molar-refractivity contribution in [1.82, 2.24) is 29.1 Å². The van der Waals surface area contributed by atoms with E-state index in [-0.39, 0.29) is 72.0 Å². The van der Waals surface area contributed by atoms with Gasteiger partial charge in [-0.1, -0.05) is 42.5 Å². The third-order valence-electron chi connectivity index (χ3n) is 11.4. The second-order valence-electron chi connectivity index (χ2n) is 18.0. The van der Waals surface area contributed by atoms with Gasteiger partial charge in [-0.3, -0.25) is 14.2 Å². The number of nitrogens with zero attached hydrogens (tertiary/aromatic N) is 7. The van der Waals surface area contributed by atoms with Crippen molar-refractivity contribution in [3.05, 3.63) is 224 Å². The lowest BCUT2D eigenvalue weighted by Gasteiger charge is -2.08. The van der Waals surface area contributed by atoms with Crippen molar-refractivity contribution in [2.24, 2.45) is 0 Å². The number of nitrogens with one attached hydrogen (secondary N) is 1. The zero-order valence-electron chi connectivity index (χ0n) is 48.6. The highest BCUT2D eigenvalue weighted by molar-refractivity contribution is 6.00. The van der Waals surface area contributed by atoms with Crippen LogP contribution in [0.15, 0.2) is 159 Å². The number of hydrogen-bond acceptors (Lipinski definition) is 20. The van der Waals surface area contributed by atoms with Gasteiger partial charge in [0.05, 0.1) is 80.2 Å². The zero-order chi connectivity index (χ0) is 68.4. The maximum atomic E-state index is 12.5. The summed E-state index contributed by atoms with van der Waals surface area (Å²) < 4.78 is 96.5. The summed E-state index contributed by atoms with van der Waals surface area (Å²) in [6.07, 6.45) is 0.355. The number of aliphatic hydroxyl groups is 2. The summed E-state index contributed by atoms with van der Waals surface area (Å²) >= 11 is 0. The van der Waals surface area contributed by atoms with Gasteiger partial charge in [-0.05, 0) is 107 Å². The van der Waals surface area contributed by atoms with E-state index in [1.165, 1.54) is 98.3 Å². The Morgan fingerprint density at radius 3 is 1.32 bits per heavy atom. The van der Waals surface area contributed by atoms with Crippen LogP contribution in [0.2, 0.25) is 0 Å². The Bertz CT molecular complexity index is 3690. The van der Waals surface area contributed by atoms with Gasteiger partial charge in [-0.2, -0.15) is 26.3 Å². The fraction of sp³-hybridized carbons (Fsp3) is 0.237. The van der Waals surface area contributed by atoms with Crippen molar-refractivity contribution in [1.29, 1.82) is 0 Å². The van der Waals surface area contributed by atoms with Gasteiger partial charge in [-0.25, -0.2) is 34.1 Å². The van der Waals surface area contributed by atoms with Crippen LogP contribution in [0, 0.1) is 20.2 Å². The Morgan fingerprint density at radius 1 is 0.565 bits per heavy atom. The lowest BCUT2D eigenvalue weighted by Crippen LogP contribution is -2.06. The number of hydrogen-bond donors (Lipinski definition) is 6. The number of benzene rings is 5. The van der Waals surface area contributed by atoms with Crippen LogP contribution >= 0.6 is 0 Å². The van der Waals surface area contributed by atoms with Crippen molar-refractivity contribution >= 4 is 52.9 Å². The molecule has 0 radical (unpaired) electrons. The summed E-state index contributed by atoms with van der Waals surface area (Å²) in [5.41, 5.74) is 6.07. The molecule has 490 valence electrons. The first-order valence-electron chi connectivity index (χ1n) is 26.5. The van der Waals surface area contributed by atoms with Gasteiger partial charge < -0.3 is 69.9 Å². The first-order chi connectivity index (χ1) is 43.6. The Morgan fingerprint density at radius 2 is 0.967 bits per heavy atom. The maximum absolute atomic E-state index is 12.5. The molecule has 0 aliphatic carbocycles. The maximum Gasteiger partial charge on any atom is 0.416 e. The number of nitro groups is 2. The van der Waals surface area contributed by atoms with E-state index in [9.17, 15) is 75.3 Å². The third-order valence-corrected chi connectivity index (χ3v) is 11.4. The molecule has 27 nitrogen and oxygen atoms in total. The first-order valence-corrected chi connectivity index (χ1v) is 26.5. The van der Waals surface area contributed by atoms with Crippen molar-refractivity contribution in [2.75, 3.05) is 59.6 Å². The minimum atomic E-state index is -4.46. The summed E-state index contributed by atoms with van der Waals surface area (Å²) in [6, 6.07) is 27.5. The van der Waals surface area contributed by atoms with E-state index in [1.807, 2.05) is 0 Å². The van der Waals surface area contributed by atoms with Crippen LogP contribution in [0.3, 0.4) is 0 Å². The molecule has 8 rings (SSSR count). The van der Waals surface area contributed by atoms with Crippen LogP contribution in [0.25, 0.3) is 11.4 Å². The van der Waals surface area contributed by atoms with E-state index in [0.29, 0.717) is 61.3 Å². The predicted molar refractivity (Wildman–Crippen MR) is 312 cm³/mol. The van der Waals surface area contributed by atoms with E-state index in [0.717, 1.165) is 47.6 Å². The number of halogens is 6. The molecule has 0 saturated carbocycles. The highest BCUT2D eigenvalue weighted by Crippen LogP contribution is 2.32. The number of nitrogen functional groups attached to an aromatic ring is 1. The molecule has 92 heavy (non-hydrogen) atoms. The molecular weight excluding hydrogens is 1240 g/mol. The van der Waals surface area contributed by atoms with Gasteiger partial charge in [0, 0.05) is 48.6 Å². The first kappa shape index (κ1) is 75.2. The molecule has 0 unspecified atom stereocenters. The van der Waals surface area contributed by atoms with Crippen molar-refractivity contribution in [3.63, 3.8) is 0 Å². The van der Waals surface area contributed by atoms with E-state index in [1.54, 1.807) is 36.4 Å². The molecule has 0 spiro atoms. The minimum Gasteiger partial charge on any atom is -0.478 e. The average molecular weight is 1300 g/mol. The molecule has 3 heterocycles. The average Bonchev–Trinajstić information content (AvgIpc) is 1.71. The number of aromatic carboxylic acids is 2. The molecular formula is C59H59F6N9O18. The number of alkyl halides is 6. The number of carboxylic acid groups (broad SMARTS) is 2. The van der Waals surface area contributed by atoms with Crippen molar-refractivity contribution in [2.45, 2.75) is 38.0 Å². The number of ether oxygens (including phenoxy) is 4. The number of aromatic nitrogens is 6. The topological polar surface area (TPSA) is 397 Å². The fourth-order valence-corrected chi connectivity index (χ4v) is 7.01. The van der Waals surface area contributed by atoms with Crippen LogP contribution in [0.4, 0.5) is 43.8 Å². The molecule has 0 bridgehead atoms. The second-order valence-corrected chi connectivity index (χ2v) is 18.0. The molecule has 3 aromatic heterocycles. The minimum absolute atomic E-state index is 0.0187. The van der Waals surface area contributed by atoms with E-state index < -0.39 is 63.0 Å². The summed E-state index contributed by atoms with van der Waals surface area (Å²) in [7, 11) is 2.55. The Balaban J connectivity index is 0.000000292. The number of aromatic amines is 1. The number of H-pyrrole nitrogens is 1. The third kappa shape index (κ3) is 26.7. The normalized spacial score (nSPS) is 10.5. The predicted octanol–water partition coefficient (Wildman–Crippen LogP) is 9.56. The quantitative estimate of drug-likeness (QED) is 0.00917. The number of carboxylic acids is 2. The molecule has 0 aliphatic rings. The number of carbonyl (C=O) groups is 6. The number of anilines is 1. The highest BCUT2D eigenvalue weighted by Gasteiger charge is 2.31.